The molecule has 0 radical (unpaired) electrons. The number of nitrogens with one attached hydrogen (secondary N) is 2. The molecule has 0 spiro atoms. The number of rotatable bonds is 5. The Morgan fingerprint density at radius 1 is 1.48 bits per heavy atom. The second-order valence-electron chi connectivity index (χ2n) is 5.14. The molecule has 1 aromatic heterocycles. The van der Waals surface area contributed by atoms with E-state index in [2.05, 4.69) is 20.7 Å². The Bertz CT molecular complexity index is 755. The third-order valence-electron chi connectivity index (χ3n) is 3.56. The van der Waals surface area contributed by atoms with Gasteiger partial charge < -0.3 is 10.1 Å². The van der Waals surface area contributed by atoms with Crippen LogP contribution in [0, 0.1) is 0 Å². The number of methoxy groups -OCH3 is 1. The number of aromatic nitrogens is 3. The first kappa shape index (κ1) is 15.0. The number of benzene rings is 1. The van der Waals surface area contributed by atoms with E-state index in [0.29, 0.717) is 29.6 Å². The quantitative estimate of drug-likeness (QED) is 0.868. The van der Waals surface area contributed by atoms with Crippen molar-refractivity contribution in [1.82, 2.24) is 14.8 Å². The van der Waals surface area contributed by atoms with Crippen molar-refractivity contribution in [2.75, 3.05) is 17.7 Å². The van der Waals surface area contributed by atoms with E-state index in [4.69, 9.17) is 4.74 Å². The van der Waals surface area contributed by atoms with E-state index < -0.39 is 6.04 Å². The molecule has 2 heterocycles. The predicted octanol–water partition coefficient (Wildman–Crippen LogP) is 1.37. The third-order valence-corrected chi connectivity index (χ3v) is 3.56. The molecule has 8 heteroatoms. The van der Waals surface area contributed by atoms with Gasteiger partial charge in [0.15, 0.2) is 5.82 Å². The molecule has 1 aliphatic heterocycles. The van der Waals surface area contributed by atoms with Crippen molar-refractivity contribution in [3.8, 4) is 5.75 Å². The molecule has 0 bridgehead atoms. The summed E-state index contributed by atoms with van der Waals surface area (Å²) in [7, 11) is 1.56. The normalized spacial score (nSPS) is 15.9. The summed E-state index contributed by atoms with van der Waals surface area (Å²) in [6, 6.07) is 6.35. The van der Waals surface area contributed by atoms with Gasteiger partial charge in [0.05, 0.1) is 13.5 Å². The molecular weight excluding hydrogens is 298 g/mol. The Kier molecular flexibility index (Phi) is 3.96. The summed E-state index contributed by atoms with van der Waals surface area (Å²) in [4.78, 5) is 28.4. The summed E-state index contributed by atoms with van der Waals surface area (Å²) in [5.41, 5.74) is 0.612. The maximum Gasteiger partial charge on any atom is 0.252 e. The van der Waals surface area contributed by atoms with Gasteiger partial charge in [-0.2, -0.15) is 10.1 Å². The first-order valence-corrected chi connectivity index (χ1v) is 7.31. The van der Waals surface area contributed by atoms with Crippen LogP contribution >= 0.6 is 0 Å². The van der Waals surface area contributed by atoms with E-state index in [0.717, 1.165) is 0 Å². The fourth-order valence-corrected chi connectivity index (χ4v) is 2.39. The van der Waals surface area contributed by atoms with E-state index in [-0.39, 0.29) is 18.2 Å². The third kappa shape index (κ3) is 3.01. The SMILES string of the molecule is CCc1nc2n(n1)C(CC(=O)Nc1cccc(OC)c1)C(=O)N2. The number of hydrogen-bond donors (Lipinski definition) is 2. The molecule has 1 unspecified atom stereocenters. The van der Waals surface area contributed by atoms with Crippen LogP contribution in [0.4, 0.5) is 11.6 Å². The topological polar surface area (TPSA) is 98.1 Å². The van der Waals surface area contributed by atoms with Gasteiger partial charge in [-0.15, -0.1) is 0 Å². The molecule has 1 atom stereocenters. The van der Waals surface area contributed by atoms with Crippen molar-refractivity contribution < 1.29 is 14.3 Å². The average molecular weight is 315 g/mol. The maximum atomic E-state index is 12.2. The van der Waals surface area contributed by atoms with E-state index in [1.54, 1.807) is 31.4 Å². The Morgan fingerprint density at radius 2 is 2.30 bits per heavy atom. The van der Waals surface area contributed by atoms with Crippen molar-refractivity contribution in [1.29, 1.82) is 0 Å². The highest BCUT2D eigenvalue weighted by atomic mass is 16.5. The van der Waals surface area contributed by atoms with Crippen LogP contribution in [-0.4, -0.2) is 33.7 Å². The smallest absolute Gasteiger partial charge is 0.252 e. The highest BCUT2D eigenvalue weighted by Gasteiger charge is 2.34. The number of fused-ring (bicyclic) bond motifs is 1. The van der Waals surface area contributed by atoms with Gasteiger partial charge in [-0.05, 0) is 12.1 Å². The first-order chi connectivity index (χ1) is 11.1. The molecule has 0 saturated carbocycles. The van der Waals surface area contributed by atoms with Crippen molar-refractivity contribution in [3.63, 3.8) is 0 Å². The molecule has 8 nitrogen and oxygen atoms in total. The number of carbonyl (C=O) groups excluding carboxylic acids is 2. The van der Waals surface area contributed by atoms with E-state index in [9.17, 15) is 9.59 Å². The molecule has 0 aliphatic carbocycles. The highest BCUT2D eigenvalue weighted by molar-refractivity contribution is 6.00. The Morgan fingerprint density at radius 3 is 3.04 bits per heavy atom. The number of anilines is 2. The van der Waals surface area contributed by atoms with Crippen molar-refractivity contribution in [2.45, 2.75) is 25.8 Å². The Balaban J connectivity index is 1.70. The minimum atomic E-state index is -0.677. The lowest BCUT2D eigenvalue weighted by atomic mass is 10.2. The van der Waals surface area contributed by atoms with E-state index in [1.165, 1.54) is 4.68 Å². The molecule has 2 aromatic rings. The van der Waals surface area contributed by atoms with Gasteiger partial charge in [-0.25, -0.2) is 4.68 Å². The molecule has 2 N–H and O–H groups in total. The van der Waals surface area contributed by atoms with E-state index in [1.807, 2.05) is 6.92 Å². The molecule has 3 rings (SSSR count). The second-order valence-corrected chi connectivity index (χ2v) is 5.14. The minimum absolute atomic E-state index is 0.0114. The lowest BCUT2D eigenvalue weighted by Gasteiger charge is -2.10. The predicted molar refractivity (Wildman–Crippen MR) is 83.3 cm³/mol. The van der Waals surface area contributed by atoms with Crippen LogP contribution in [-0.2, 0) is 16.0 Å². The van der Waals surface area contributed by atoms with Crippen LogP contribution in [0.3, 0.4) is 0 Å². The van der Waals surface area contributed by atoms with Crippen LogP contribution in [0.25, 0.3) is 0 Å². The molecular formula is C15H17N5O3. The summed E-state index contributed by atoms with van der Waals surface area (Å²) >= 11 is 0. The largest absolute Gasteiger partial charge is 0.497 e. The zero-order valence-corrected chi connectivity index (χ0v) is 12.9. The molecule has 120 valence electrons. The van der Waals surface area contributed by atoms with E-state index >= 15 is 0 Å². The van der Waals surface area contributed by atoms with Gasteiger partial charge in [0.2, 0.25) is 11.9 Å². The Labute approximate surface area is 132 Å². The molecule has 1 aromatic carbocycles. The molecule has 0 saturated heterocycles. The van der Waals surface area contributed by atoms with Crippen LogP contribution in [0.1, 0.15) is 25.2 Å². The maximum absolute atomic E-state index is 12.2. The fourth-order valence-electron chi connectivity index (χ4n) is 2.39. The molecule has 2 amide bonds. The Hall–Kier alpha value is -2.90. The molecule has 0 fully saturated rings. The summed E-state index contributed by atoms with van der Waals surface area (Å²) in [6.45, 7) is 1.93. The van der Waals surface area contributed by atoms with Gasteiger partial charge in [0.1, 0.15) is 11.8 Å². The van der Waals surface area contributed by atoms with Crippen LogP contribution < -0.4 is 15.4 Å². The molecule has 23 heavy (non-hydrogen) atoms. The van der Waals surface area contributed by atoms with Crippen LogP contribution in [0.5, 0.6) is 5.75 Å². The zero-order chi connectivity index (χ0) is 16.4. The highest BCUT2D eigenvalue weighted by Crippen LogP contribution is 2.26. The van der Waals surface area contributed by atoms with Crippen molar-refractivity contribution in [2.24, 2.45) is 0 Å². The van der Waals surface area contributed by atoms with Gasteiger partial charge in [0.25, 0.3) is 5.91 Å². The molecule has 1 aliphatic rings. The second kappa shape index (κ2) is 6.07. The van der Waals surface area contributed by atoms with Crippen LogP contribution in [0.2, 0.25) is 0 Å². The number of amides is 2. The monoisotopic (exact) mass is 315 g/mol. The lowest BCUT2D eigenvalue weighted by molar-refractivity contribution is -0.123. The summed E-state index contributed by atoms with van der Waals surface area (Å²) in [5, 5.41) is 9.65. The summed E-state index contributed by atoms with van der Waals surface area (Å²) in [5.74, 6) is 1.13. The summed E-state index contributed by atoms with van der Waals surface area (Å²) in [6.07, 6.45) is 0.654. The number of aryl methyl sites for hydroxylation is 1. The lowest BCUT2D eigenvalue weighted by Crippen LogP contribution is -2.24. The first-order valence-electron chi connectivity index (χ1n) is 7.31. The zero-order valence-electron chi connectivity index (χ0n) is 12.9. The average Bonchev–Trinajstić information content (AvgIpc) is 3.06. The van der Waals surface area contributed by atoms with Crippen molar-refractivity contribution in [3.05, 3.63) is 30.1 Å². The number of carbonyl (C=O) groups is 2. The summed E-state index contributed by atoms with van der Waals surface area (Å²) < 4.78 is 6.59. The van der Waals surface area contributed by atoms with Gasteiger partial charge in [0, 0.05) is 18.2 Å². The van der Waals surface area contributed by atoms with Crippen LogP contribution in [0.15, 0.2) is 24.3 Å². The number of ether oxygens (including phenoxy) is 1. The fraction of sp³-hybridized carbons (Fsp3) is 0.333. The van der Waals surface area contributed by atoms with Crippen molar-refractivity contribution >= 4 is 23.5 Å². The minimum Gasteiger partial charge on any atom is -0.497 e. The number of nitrogens with zero attached hydrogens (tertiary/aromatic N) is 3. The standard InChI is InChI=1S/C15H17N5O3/c1-3-12-17-15-18-14(22)11(20(15)19-12)8-13(21)16-9-5-4-6-10(7-9)23-2/h4-7,11H,3,8H2,1-2H3,(H,16,21)(H,17,18,19,22). The number of hydrogen-bond acceptors (Lipinski definition) is 5. The van der Waals surface area contributed by atoms with Gasteiger partial charge in [-0.1, -0.05) is 13.0 Å². The van der Waals surface area contributed by atoms with Gasteiger partial charge in [-0.3, -0.25) is 14.9 Å². The van der Waals surface area contributed by atoms with Gasteiger partial charge >= 0.3 is 0 Å².